The number of nitrogens with zero attached hydrogens (tertiary/aromatic N) is 1. The first-order valence-corrected chi connectivity index (χ1v) is 10.4. The summed E-state index contributed by atoms with van der Waals surface area (Å²) in [5, 5.41) is 6.30. The van der Waals surface area contributed by atoms with Crippen LogP contribution in [-0.2, 0) is 4.79 Å². The van der Waals surface area contributed by atoms with Crippen molar-refractivity contribution >= 4 is 11.8 Å². The zero-order chi connectivity index (χ0) is 20.6. The molecule has 154 valence electrons. The average Bonchev–Trinajstić information content (AvgIpc) is 2.75. The maximum Gasteiger partial charge on any atom is 0.251 e. The zero-order valence-corrected chi connectivity index (χ0v) is 17.4. The van der Waals surface area contributed by atoms with Crippen LogP contribution in [0.5, 0.6) is 0 Å². The van der Waals surface area contributed by atoms with Gasteiger partial charge < -0.3 is 15.5 Å². The molecule has 1 fully saturated rings. The van der Waals surface area contributed by atoms with Crippen LogP contribution >= 0.6 is 0 Å². The minimum atomic E-state index is -0.340. The highest BCUT2D eigenvalue weighted by molar-refractivity contribution is 5.94. The highest BCUT2D eigenvalue weighted by Crippen LogP contribution is 2.22. The van der Waals surface area contributed by atoms with Gasteiger partial charge in [-0.15, -0.1) is 0 Å². The molecule has 0 spiro atoms. The first-order valence-electron chi connectivity index (χ1n) is 10.4. The Balaban J connectivity index is 1.67. The van der Waals surface area contributed by atoms with Crippen molar-refractivity contribution in [3.05, 3.63) is 71.3 Å². The first-order chi connectivity index (χ1) is 14.1. The van der Waals surface area contributed by atoms with Gasteiger partial charge in [-0.3, -0.25) is 9.59 Å². The number of nitrogens with one attached hydrogen (secondary N) is 2. The van der Waals surface area contributed by atoms with Crippen molar-refractivity contribution in [1.29, 1.82) is 0 Å². The Morgan fingerprint density at radius 2 is 1.69 bits per heavy atom. The van der Waals surface area contributed by atoms with E-state index in [4.69, 9.17) is 0 Å². The first kappa shape index (κ1) is 21.1. The van der Waals surface area contributed by atoms with Crippen molar-refractivity contribution in [3.8, 4) is 0 Å². The Morgan fingerprint density at radius 1 is 1.03 bits per heavy atom. The summed E-state index contributed by atoms with van der Waals surface area (Å²) in [5.74, 6) is 0.584. The Labute approximate surface area is 173 Å². The topological polar surface area (TPSA) is 61.4 Å². The molecule has 0 saturated carbocycles. The number of likely N-dealkylation sites (tertiary alicyclic amines) is 1. The molecule has 2 aromatic rings. The van der Waals surface area contributed by atoms with E-state index >= 15 is 0 Å². The predicted octanol–water partition coefficient (Wildman–Crippen LogP) is 3.31. The number of carbonyl (C=O) groups is 2. The second-order valence-corrected chi connectivity index (χ2v) is 7.89. The van der Waals surface area contributed by atoms with E-state index in [0.717, 1.165) is 43.6 Å². The van der Waals surface area contributed by atoms with E-state index in [1.165, 1.54) is 0 Å². The van der Waals surface area contributed by atoms with Gasteiger partial charge in [0, 0.05) is 18.7 Å². The Morgan fingerprint density at radius 3 is 2.31 bits per heavy atom. The highest BCUT2D eigenvalue weighted by atomic mass is 16.2. The van der Waals surface area contributed by atoms with Crippen LogP contribution in [0.4, 0.5) is 0 Å². The monoisotopic (exact) mass is 393 g/mol. The van der Waals surface area contributed by atoms with Gasteiger partial charge in [0.05, 0.1) is 12.5 Å². The van der Waals surface area contributed by atoms with Crippen LogP contribution < -0.4 is 10.6 Å². The van der Waals surface area contributed by atoms with E-state index in [-0.39, 0.29) is 24.3 Å². The number of benzene rings is 2. The third-order valence-corrected chi connectivity index (χ3v) is 5.66. The Bertz CT molecular complexity index is 797. The minimum absolute atomic E-state index is 0.103. The van der Waals surface area contributed by atoms with E-state index in [1.54, 1.807) is 0 Å². The lowest BCUT2D eigenvalue weighted by Gasteiger charge is -2.33. The fraction of sp³-hybridized carbons (Fsp3) is 0.417. The third kappa shape index (κ3) is 5.91. The number of aryl methyl sites for hydroxylation is 1. The molecule has 2 amide bonds. The summed E-state index contributed by atoms with van der Waals surface area (Å²) < 4.78 is 0. The standard InChI is InChI=1S/C24H31N3O2/c1-18-8-10-21(11-9-18)24(29)26-22(20-6-4-3-5-7-20)16-23(28)27-14-12-19(13-15-27)17-25-2/h3-11,19,22,25H,12-17H2,1-2H3,(H,26,29). The molecule has 1 heterocycles. The molecular formula is C24H31N3O2. The van der Waals surface area contributed by atoms with Crippen LogP contribution in [-0.4, -0.2) is 43.4 Å². The normalized spacial score (nSPS) is 15.7. The van der Waals surface area contributed by atoms with Crippen LogP contribution in [0.2, 0.25) is 0 Å². The van der Waals surface area contributed by atoms with E-state index < -0.39 is 0 Å². The molecular weight excluding hydrogens is 362 g/mol. The molecule has 5 heteroatoms. The molecule has 0 radical (unpaired) electrons. The van der Waals surface area contributed by atoms with Crippen molar-refractivity contribution in [2.45, 2.75) is 32.2 Å². The lowest BCUT2D eigenvalue weighted by atomic mass is 9.95. The van der Waals surface area contributed by atoms with Gasteiger partial charge in [0.2, 0.25) is 5.91 Å². The van der Waals surface area contributed by atoms with Crippen molar-refractivity contribution in [1.82, 2.24) is 15.5 Å². The van der Waals surface area contributed by atoms with Crippen LogP contribution in [0.3, 0.4) is 0 Å². The van der Waals surface area contributed by atoms with Crippen molar-refractivity contribution < 1.29 is 9.59 Å². The molecule has 5 nitrogen and oxygen atoms in total. The number of hydrogen-bond donors (Lipinski definition) is 2. The number of rotatable bonds is 7. The number of carbonyl (C=O) groups excluding carboxylic acids is 2. The van der Waals surface area contributed by atoms with E-state index in [0.29, 0.717) is 11.5 Å². The van der Waals surface area contributed by atoms with Gasteiger partial charge in [-0.1, -0.05) is 48.0 Å². The van der Waals surface area contributed by atoms with Crippen molar-refractivity contribution in [2.75, 3.05) is 26.7 Å². The quantitative estimate of drug-likeness (QED) is 0.759. The predicted molar refractivity (Wildman–Crippen MR) is 116 cm³/mol. The largest absolute Gasteiger partial charge is 0.345 e. The summed E-state index contributed by atoms with van der Waals surface area (Å²) in [6.07, 6.45) is 2.33. The maximum atomic E-state index is 13.0. The SMILES string of the molecule is CNCC1CCN(C(=O)CC(NC(=O)c2ccc(C)cc2)c2ccccc2)CC1. The summed E-state index contributed by atoms with van der Waals surface area (Å²) in [6, 6.07) is 16.9. The van der Waals surface area contributed by atoms with Gasteiger partial charge in [-0.2, -0.15) is 0 Å². The molecule has 1 aliphatic heterocycles. The number of hydrogen-bond acceptors (Lipinski definition) is 3. The molecule has 1 saturated heterocycles. The summed E-state index contributed by atoms with van der Waals surface area (Å²) in [4.78, 5) is 27.7. The van der Waals surface area contributed by atoms with Crippen LogP contribution in [0.25, 0.3) is 0 Å². The summed E-state index contributed by atoms with van der Waals surface area (Å²) in [5.41, 5.74) is 2.67. The van der Waals surface area contributed by atoms with Gasteiger partial charge in [0.1, 0.15) is 0 Å². The zero-order valence-electron chi connectivity index (χ0n) is 17.4. The van der Waals surface area contributed by atoms with Gasteiger partial charge in [-0.25, -0.2) is 0 Å². The second-order valence-electron chi connectivity index (χ2n) is 7.89. The fourth-order valence-corrected chi connectivity index (χ4v) is 3.86. The molecule has 1 atom stereocenters. The average molecular weight is 394 g/mol. The lowest BCUT2D eigenvalue weighted by molar-refractivity contribution is -0.133. The second kappa shape index (κ2) is 10.2. The molecule has 1 aliphatic rings. The number of piperidine rings is 1. The van der Waals surface area contributed by atoms with Gasteiger partial charge in [0.15, 0.2) is 0 Å². The van der Waals surface area contributed by atoms with Gasteiger partial charge >= 0.3 is 0 Å². The molecule has 2 aromatic carbocycles. The minimum Gasteiger partial charge on any atom is -0.345 e. The summed E-state index contributed by atoms with van der Waals surface area (Å²) in [6.45, 7) is 4.57. The van der Waals surface area contributed by atoms with E-state index in [2.05, 4.69) is 10.6 Å². The molecule has 2 N–H and O–H groups in total. The highest BCUT2D eigenvalue weighted by Gasteiger charge is 2.26. The van der Waals surface area contributed by atoms with Gasteiger partial charge in [-0.05, 0) is 57.0 Å². The van der Waals surface area contributed by atoms with Crippen molar-refractivity contribution in [2.24, 2.45) is 5.92 Å². The molecule has 3 rings (SSSR count). The van der Waals surface area contributed by atoms with Crippen LogP contribution in [0.1, 0.15) is 46.8 Å². The molecule has 0 aromatic heterocycles. The van der Waals surface area contributed by atoms with Crippen molar-refractivity contribution in [3.63, 3.8) is 0 Å². The molecule has 0 aliphatic carbocycles. The maximum absolute atomic E-state index is 13.0. The third-order valence-electron chi connectivity index (χ3n) is 5.66. The van der Waals surface area contributed by atoms with E-state index in [1.807, 2.05) is 73.5 Å². The molecule has 29 heavy (non-hydrogen) atoms. The molecule has 1 unspecified atom stereocenters. The Hall–Kier alpha value is -2.66. The summed E-state index contributed by atoms with van der Waals surface area (Å²) >= 11 is 0. The fourth-order valence-electron chi connectivity index (χ4n) is 3.86. The molecule has 0 bridgehead atoms. The van der Waals surface area contributed by atoms with Crippen LogP contribution in [0, 0.1) is 12.8 Å². The van der Waals surface area contributed by atoms with Crippen LogP contribution in [0.15, 0.2) is 54.6 Å². The lowest BCUT2D eigenvalue weighted by Crippen LogP contribution is -2.42. The smallest absolute Gasteiger partial charge is 0.251 e. The number of amides is 2. The van der Waals surface area contributed by atoms with Gasteiger partial charge in [0.25, 0.3) is 5.91 Å². The summed E-state index contributed by atoms with van der Waals surface area (Å²) in [7, 11) is 1.97. The van der Waals surface area contributed by atoms with E-state index in [9.17, 15) is 9.59 Å². The Kier molecular flexibility index (Phi) is 7.42.